The van der Waals surface area contributed by atoms with Gasteiger partial charge in [0.2, 0.25) is 0 Å². The molecule has 0 aliphatic carbocycles. The average Bonchev–Trinajstić information content (AvgIpc) is 2.26. The van der Waals surface area contributed by atoms with Crippen molar-refractivity contribution in [2.75, 3.05) is 0 Å². The molecule has 1 N–H and O–H groups in total. The highest BCUT2D eigenvalue weighted by atomic mass is 16.2. The molecule has 1 aromatic carbocycles. The summed E-state index contributed by atoms with van der Waals surface area (Å²) in [5.74, 6) is 0. The van der Waals surface area contributed by atoms with Gasteiger partial charge in [-0.1, -0.05) is 12.1 Å². The Morgan fingerprint density at radius 2 is 2.00 bits per heavy atom. The number of aliphatic hydroxyl groups is 1. The summed E-state index contributed by atoms with van der Waals surface area (Å²) in [6.45, 7) is 0. The van der Waals surface area contributed by atoms with E-state index in [1.54, 1.807) is 12.3 Å². The minimum atomic E-state index is 0.605. The number of aliphatic hydroxyl groups excluding tert-OH is 1. The number of hydrogen-bond acceptors (Lipinski definition) is 3. The molecule has 14 heavy (non-hydrogen) atoms. The van der Waals surface area contributed by atoms with Crippen LogP contribution in [0.1, 0.15) is 5.69 Å². The molecule has 70 valence electrons. The first-order valence-corrected chi connectivity index (χ1v) is 4.40. The van der Waals surface area contributed by atoms with Crippen molar-refractivity contribution < 1.29 is 5.11 Å². The topological polar surface area (TPSA) is 46.0 Å². The number of hydrogen-bond donors (Lipinski definition) is 1. The molecule has 0 atom stereocenters. The van der Waals surface area contributed by atoms with Crippen LogP contribution in [0.5, 0.6) is 0 Å². The van der Waals surface area contributed by atoms with Crippen molar-refractivity contribution in [2.45, 2.75) is 6.42 Å². The second-order valence-corrected chi connectivity index (χ2v) is 2.94. The fourth-order valence-corrected chi connectivity index (χ4v) is 1.27. The molecule has 0 fully saturated rings. The maximum absolute atomic E-state index is 8.51. The number of nitrogens with zero attached hydrogens (tertiary/aromatic N) is 2. The van der Waals surface area contributed by atoms with Gasteiger partial charge in [-0.25, -0.2) is 4.98 Å². The van der Waals surface area contributed by atoms with Crippen molar-refractivity contribution in [3.05, 3.63) is 48.5 Å². The molecule has 3 nitrogen and oxygen atoms in total. The molecular formula is C11H10N2O. The summed E-state index contributed by atoms with van der Waals surface area (Å²) in [5.41, 5.74) is 2.63. The third kappa shape index (κ3) is 1.71. The highest BCUT2D eigenvalue weighted by Crippen LogP contribution is 2.08. The molecule has 0 aliphatic heterocycles. The first kappa shape index (κ1) is 8.69. The molecule has 0 saturated carbocycles. The molecule has 0 aliphatic rings. The average molecular weight is 186 g/mol. The van der Waals surface area contributed by atoms with Gasteiger partial charge in [0.05, 0.1) is 23.0 Å². The van der Waals surface area contributed by atoms with Crippen LogP contribution in [0.15, 0.2) is 42.8 Å². The van der Waals surface area contributed by atoms with E-state index in [9.17, 15) is 0 Å². The van der Waals surface area contributed by atoms with Crippen molar-refractivity contribution in [1.29, 1.82) is 0 Å². The minimum Gasteiger partial charge on any atom is -0.516 e. The molecule has 0 saturated heterocycles. The van der Waals surface area contributed by atoms with Crippen LogP contribution in [0.25, 0.3) is 11.0 Å². The van der Waals surface area contributed by atoms with E-state index in [-0.39, 0.29) is 0 Å². The van der Waals surface area contributed by atoms with E-state index < -0.39 is 0 Å². The quantitative estimate of drug-likeness (QED) is 0.731. The number of allylic oxidation sites excluding steroid dienone is 1. The summed E-state index contributed by atoms with van der Waals surface area (Å²) in [6, 6.07) is 7.72. The van der Waals surface area contributed by atoms with Gasteiger partial charge in [0.25, 0.3) is 0 Å². The maximum atomic E-state index is 8.51. The number of rotatable bonds is 2. The molecule has 1 heterocycles. The monoisotopic (exact) mass is 186 g/mol. The number of benzene rings is 1. The molecule has 0 unspecified atom stereocenters. The summed E-state index contributed by atoms with van der Waals surface area (Å²) < 4.78 is 0. The number of para-hydroxylation sites is 2. The van der Waals surface area contributed by atoms with Crippen LogP contribution >= 0.6 is 0 Å². The van der Waals surface area contributed by atoms with E-state index in [1.807, 2.05) is 24.3 Å². The lowest BCUT2D eigenvalue weighted by Gasteiger charge is -1.98. The zero-order valence-electron chi connectivity index (χ0n) is 7.59. The van der Waals surface area contributed by atoms with Gasteiger partial charge in [-0.2, -0.15) is 0 Å². The predicted octanol–water partition coefficient (Wildman–Crippen LogP) is 2.24. The fourth-order valence-electron chi connectivity index (χ4n) is 1.27. The summed E-state index contributed by atoms with van der Waals surface area (Å²) in [5, 5.41) is 8.51. The normalized spacial score (nSPS) is 11.1. The molecule has 0 radical (unpaired) electrons. The predicted molar refractivity (Wildman–Crippen MR) is 55.0 cm³/mol. The second-order valence-electron chi connectivity index (χ2n) is 2.94. The third-order valence-electron chi connectivity index (χ3n) is 1.93. The Bertz CT molecular complexity index is 466. The van der Waals surface area contributed by atoms with Gasteiger partial charge in [0, 0.05) is 12.6 Å². The Morgan fingerprint density at radius 1 is 1.21 bits per heavy atom. The van der Waals surface area contributed by atoms with Crippen LogP contribution in [0.2, 0.25) is 0 Å². The van der Waals surface area contributed by atoms with E-state index in [1.165, 1.54) is 0 Å². The van der Waals surface area contributed by atoms with E-state index in [0.717, 1.165) is 23.0 Å². The first-order valence-electron chi connectivity index (χ1n) is 4.40. The minimum absolute atomic E-state index is 0.605. The Morgan fingerprint density at radius 3 is 2.79 bits per heavy atom. The van der Waals surface area contributed by atoms with Crippen LogP contribution in [0.3, 0.4) is 0 Å². The van der Waals surface area contributed by atoms with E-state index >= 15 is 0 Å². The highest BCUT2D eigenvalue weighted by Gasteiger charge is 1.96. The fraction of sp³-hybridized carbons (Fsp3) is 0.0909. The van der Waals surface area contributed by atoms with Crippen molar-refractivity contribution in [3.63, 3.8) is 0 Å². The lowest BCUT2D eigenvalue weighted by Crippen LogP contribution is -1.90. The third-order valence-corrected chi connectivity index (χ3v) is 1.93. The van der Waals surface area contributed by atoms with E-state index in [0.29, 0.717) is 6.42 Å². The van der Waals surface area contributed by atoms with Crippen LogP contribution in [-0.2, 0) is 6.42 Å². The van der Waals surface area contributed by atoms with Gasteiger partial charge >= 0.3 is 0 Å². The number of fused-ring (bicyclic) bond motifs is 1. The standard InChI is InChI=1S/C11H10N2O/c14-7-3-4-9-8-12-10-5-1-2-6-11(10)13-9/h1-3,5-8,14H,4H2. The van der Waals surface area contributed by atoms with Gasteiger partial charge in [0.15, 0.2) is 0 Å². The maximum Gasteiger partial charge on any atom is 0.0890 e. The highest BCUT2D eigenvalue weighted by molar-refractivity contribution is 5.73. The molecule has 2 aromatic rings. The summed E-state index contributed by atoms with van der Waals surface area (Å²) >= 11 is 0. The van der Waals surface area contributed by atoms with Gasteiger partial charge in [-0.15, -0.1) is 0 Å². The Hall–Kier alpha value is -1.90. The molecular weight excluding hydrogens is 176 g/mol. The molecule has 0 spiro atoms. The van der Waals surface area contributed by atoms with Crippen LogP contribution in [0.4, 0.5) is 0 Å². The second kappa shape index (κ2) is 3.87. The summed E-state index contributed by atoms with van der Waals surface area (Å²) in [4.78, 5) is 8.64. The van der Waals surface area contributed by atoms with Crippen LogP contribution in [0, 0.1) is 0 Å². The molecule has 1 aromatic heterocycles. The van der Waals surface area contributed by atoms with Gasteiger partial charge in [-0.05, 0) is 18.2 Å². The van der Waals surface area contributed by atoms with Gasteiger partial charge in [0.1, 0.15) is 0 Å². The Labute approximate surface area is 81.8 Å². The Balaban J connectivity index is 2.41. The molecule has 3 heteroatoms. The summed E-state index contributed by atoms with van der Waals surface area (Å²) in [7, 11) is 0. The lowest BCUT2D eigenvalue weighted by molar-refractivity contribution is 0.471. The van der Waals surface area contributed by atoms with Crippen molar-refractivity contribution in [2.24, 2.45) is 0 Å². The van der Waals surface area contributed by atoms with E-state index in [2.05, 4.69) is 9.97 Å². The lowest BCUT2D eigenvalue weighted by atomic mass is 10.2. The largest absolute Gasteiger partial charge is 0.516 e. The molecule has 0 amide bonds. The van der Waals surface area contributed by atoms with Crippen LogP contribution < -0.4 is 0 Å². The van der Waals surface area contributed by atoms with E-state index in [4.69, 9.17) is 5.11 Å². The zero-order valence-corrected chi connectivity index (χ0v) is 7.59. The van der Waals surface area contributed by atoms with Gasteiger partial charge < -0.3 is 5.11 Å². The van der Waals surface area contributed by atoms with Gasteiger partial charge in [-0.3, -0.25) is 4.98 Å². The SMILES string of the molecule is OC=CCc1cnc2ccccc2n1. The van der Waals surface area contributed by atoms with Crippen molar-refractivity contribution >= 4 is 11.0 Å². The smallest absolute Gasteiger partial charge is 0.0890 e. The van der Waals surface area contributed by atoms with Crippen LogP contribution in [-0.4, -0.2) is 15.1 Å². The molecule has 0 bridgehead atoms. The summed E-state index contributed by atoms with van der Waals surface area (Å²) in [6.07, 6.45) is 4.99. The number of aromatic nitrogens is 2. The van der Waals surface area contributed by atoms with Crippen molar-refractivity contribution in [1.82, 2.24) is 9.97 Å². The van der Waals surface area contributed by atoms with Crippen molar-refractivity contribution in [3.8, 4) is 0 Å². The zero-order chi connectivity index (χ0) is 9.80. The first-order chi connectivity index (χ1) is 6.90. The Kier molecular flexibility index (Phi) is 2.40. The molecule has 2 rings (SSSR count).